The Morgan fingerprint density at radius 2 is 1.80 bits per heavy atom. The third kappa shape index (κ3) is 2.12. The van der Waals surface area contributed by atoms with Gasteiger partial charge < -0.3 is 10.0 Å². The van der Waals surface area contributed by atoms with E-state index in [1.54, 1.807) is 11.3 Å². The summed E-state index contributed by atoms with van der Waals surface area (Å²) >= 11 is 1.58. The molecule has 0 aliphatic heterocycles. The van der Waals surface area contributed by atoms with Gasteiger partial charge in [0.2, 0.25) is 0 Å². The second kappa shape index (κ2) is 4.19. The molecule has 0 fully saturated rings. The third-order valence-electron chi connectivity index (χ3n) is 2.29. The molecule has 2 rings (SSSR count). The van der Waals surface area contributed by atoms with E-state index >= 15 is 0 Å². The van der Waals surface area contributed by atoms with Gasteiger partial charge in [-0.3, -0.25) is 0 Å². The Morgan fingerprint density at radius 3 is 2.33 bits per heavy atom. The maximum atomic E-state index is 9.13. The van der Waals surface area contributed by atoms with Crippen molar-refractivity contribution in [1.29, 1.82) is 0 Å². The van der Waals surface area contributed by atoms with Crippen LogP contribution >= 0.6 is 11.3 Å². The van der Waals surface area contributed by atoms with Crippen LogP contribution in [0.5, 0.6) is 0 Å². The standard InChI is InChI=1S/C11H11BO2S/c1-8-10(12(13)14)7-11(15-8)9-5-3-2-4-6-9/h2-7,13-14H,1H3. The highest BCUT2D eigenvalue weighted by molar-refractivity contribution is 7.16. The van der Waals surface area contributed by atoms with Crippen LogP contribution in [0.4, 0.5) is 0 Å². The molecular formula is C11H11BO2S. The number of hydrogen-bond donors (Lipinski definition) is 2. The van der Waals surface area contributed by atoms with Gasteiger partial charge in [-0.2, -0.15) is 0 Å². The summed E-state index contributed by atoms with van der Waals surface area (Å²) in [5.74, 6) is 0. The van der Waals surface area contributed by atoms with Crippen LogP contribution in [0, 0.1) is 6.92 Å². The molecule has 2 nitrogen and oxygen atoms in total. The fourth-order valence-corrected chi connectivity index (χ4v) is 2.55. The van der Waals surface area contributed by atoms with Crippen molar-refractivity contribution in [3.63, 3.8) is 0 Å². The fourth-order valence-electron chi connectivity index (χ4n) is 1.50. The molecule has 1 aromatic heterocycles. The Bertz CT molecular complexity index is 451. The van der Waals surface area contributed by atoms with Crippen LogP contribution in [0.25, 0.3) is 10.4 Å². The molecule has 4 heteroatoms. The number of thiophene rings is 1. The molecule has 0 atom stereocenters. The van der Waals surface area contributed by atoms with Gasteiger partial charge in [0.25, 0.3) is 0 Å². The summed E-state index contributed by atoms with van der Waals surface area (Å²) in [6.45, 7) is 1.89. The maximum Gasteiger partial charge on any atom is 0.489 e. The zero-order valence-corrected chi connectivity index (χ0v) is 9.16. The SMILES string of the molecule is Cc1sc(-c2ccccc2)cc1B(O)O. The number of rotatable bonds is 2. The molecular weight excluding hydrogens is 207 g/mol. The van der Waals surface area contributed by atoms with Crippen molar-refractivity contribution in [2.24, 2.45) is 0 Å². The normalized spacial score (nSPS) is 10.3. The van der Waals surface area contributed by atoms with Crippen molar-refractivity contribution in [1.82, 2.24) is 0 Å². The first-order valence-electron chi connectivity index (χ1n) is 4.70. The zero-order chi connectivity index (χ0) is 10.8. The van der Waals surface area contributed by atoms with Crippen LogP contribution < -0.4 is 5.46 Å². The minimum Gasteiger partial charge on any atom is -0.423 e. The Hall–Kier alpha value is -1.10. The molecule has 0 spiro atoms. The highest BCUT2D eigenvalue weighted by atomic mass is 32.1. The second-order valence-electron chi connectivity index (χ2n) is 3.36. The largest absolute Gasteiger partial charge is 0.489 e. The summed E-state index contributed by atoms with van der Waals surface area (Å²) in [5, 5.41) is 18.3. The molecule has 0 radical (unpaired) electrons. The molecule has 1 aromatic carbocycles. The molecule has 2 aromatic rings. The van der Waals surface area contributed by atoms with E-state index in [0.29, 0.717) is 5.46 Å². The fraction of sp³-hybridized carbons (Fsp3) is 0.0909. The molecule has 76 valence electrons. The maximum absolute atomic E-state index is 9.13. The first kappa shape index (κ1) is 10.4. The van der Waals surface area contributed by atoms with E-state index in [4.69, 9.17) is 10.0 Å². The first-order valence-corrected chi connectivity index (χ1v) is 5.52. The topological polar surface area (TPSA) is 40.5 Å². The van der Waals surface area contributed by atoms with Gasteiger partial charge in [0.15, 0.2) is 0 Å². The minimum absolute atomic E-state index is 0.596. The minimum atomic E-state index is -1.38. The van der Waals surface area contributed by atoms with Crippen molar-refractivity contribution in [3.8, 4) is 10.4 Å². The van der Waals surface area contributed by atoms with Gasteiger partial charge in [0.05, 0.1) is 0 Å². The highest BCUT2D eigenvalue weighted by Gasteiger charge is 2.17. The van der Waals surface area contributed by atoms with Gasteiger partial charge in [-0.05, 0) is 24.0 Å². The van der Waals surface area contributed by atoms with E-state index in [2.05, 4.69) is 0 Å². The summed E-state index contributed by atoms with van der Waals surface area (Å²) < 4.78 is 0. The summed E-state index contributed by atoms with van der Waals surface area (Å²) in [7, 11) is -1.38. The van der Waals surface area contributed by atoms with Gasteiger partial charge in [-0.15, -0.1) is 11.3 Å². The van der Waals surface area contributed by atoms with E-state index in [0.717, 1.165) is 15.3 Å². The number of hydrogen-bond acceptors (Lipinski definition) is 3. The molecule has 0 aliphatic rings. The second-order valence-corrected chi connectivity index (χ2v) is 4.62. The van der Waals surface area contributed by atoms with Crippen molar-refractivity contribution < 1.29 is 10.0 Å². The highest BCUT2D eigenvalue weighted by Crippen LogP contribution is 2.26. The van der Waals surface area contributed by atoms with Crippen LogP contribution in [0.3, 0.4) is 0 Å². The molecule has 2 N–H and O–H groups in total. The van der Waals surface area contributed by atoms with Crippen LogP contribution in [-0.4, -0.2) is 17.2 Å². The monoisotopic (exact) mass is 218 g/mol. The van der Waals surface area contributed by atoms with E-state index in [9.17, 15) is 0 Å². The quantitative estimate of drug-likeness (QED) is 0.748. The lowest BCUT2D eigenvalue weighted by Crippen LogP contribution is -2.30. The predicted molar refractivity (Wildman–Crippen MR) is 64.3 cm³/mol. The molecule has 15 heavy (non-hydrogen) atoms. The van der Waals surface area contributed by atoms with Gasteiger partial charge in [0, 0.05) is 9.75 Å². The molecule has 0 amide bonds. The zero-order valence-electron chi connectivity index (χ0n) is 8.34. The first-order chi connectivity index (χ1) is 7.18. The lowest BCUT2D eigenvalue weighted by molar-refractivity contribution is 0.426. The Morgan fingerprint density at radius 1 is 1.13 bits per heavy atom. The van der Waals surface area contributed by atoms with E-state index < -0.39 is 7.12 Å². The summed E-state index contributed by atoms with van der Waals surface area (Å²) in [6.07, 6.45) is 0. The van der Waals surface area contributed by atoms with E-state index in [1.165, 1.54) is 0 Å². The molecule has 0 aliphatic carbocycles. The van der Waals surface area contributed by atoms with E-state index in [1.807, 2.05) is 43.3 Å². The smallest absolute Gasteiger partial charge is 0.423 e. The van der Waals surface area contributed by atoms with Gasteiger partial charge in [-0.25, -0.2) is 0 Å². The molecule has 0 saturated heterocycles. The lowest BCUT2D eigenvalue weighted by Gasteiger charge is -1.95. The third-order valence-corrected chi connectivity index (χ3v) is 3.41. The van der Waals surface area contributed by atoms with Crippen molar-refractivity contribution >= 4 is 23.9 Å². The average Bonchev–Trinajstić information content (AvgIpc) is 2.62. The Labute approximate surface area is 93.0 Å². The summed E-state index contributed by atoms with van der Waals surface area (Å²) in [5.41, 5.74) is 1.70. The molecule has 1 heterocycles. The van der Waals surface area contributed by atoms with Crippen molar-refractivity contribution in [2.45, 2.75) is 6.92 Å². The Kier molecular flexibility index (Phi) is 2.91. The molecule has 0 bridgehead atoms. The van der Waals surface area contributed by atoms with Gasteiger partial charge in [-0.1, -0.05) is 30.3 Å². The molecule has 0 unspecified atom stereocenters. The number of aryl methyl sites for hydroxylation is 1. The molecule has 0 saturated carbocycles. The number of benzene rings is 1. The summed E-state index contributed by atoms with van der Waals surface area (Å²) in [4.78, 5) is 2.01. The van der Waals surface area contributed by atoms with Gasteiger partial charge >= 0.3 is 7.12 Å². The van der Waals surface area contributed by atoms with Crippen molar-refractivity contribution in [2.75, 3.05) is 0 Å². The predicted octanol–water partition coefficient (Wildman–Crippen LogP) is 1.40. The summed E-state index contributed by atoms with van der Waals surface area (Å²) in [6, 6.07) is 11.8. The van der Waals surface area contributed by atoms with Crippen LogP contribution in [0.1, 0.15) is 4.88 Å². The average molecular weight is 218 g/mol. The van der Waals surface area contributed by atoms with Crippen LogP contribution in [-0.2, 0) is 0 Å². The van der Waals surface area contributed by atoms with Crippen LogP contribution in [0.2, 0.25) is 0 Å². The van der Waals surface area contributed by atoms with Gasteiger partial charge in [0.1, 0.15) is 0 Å². The lowest BCUT2D eigenvalue weighted by atomic mass is 9.80. The van der Waals surface area contributed by atoms with Crippen molar-refractivity contribution in [3.05, 3.63) is 41.3 Å². The van der Waals surface area contributed by atoms with E-state index in [-0.39, 0.29) is 0 Å². The Balaban J connectivity index is 2.43. The van der Waals surface area contributed by atoms with Crippen LogP contribution in [0.15, 0.2) is 36.4 Å².